The summed E-state index contributed by atoms with van der Waals surface area (Å²) < 4.78 is 33.4. The van der Waals surface area contributed by atoms with Gasteiger partial charge in [-0.3, -0.25) is 14.7 Å². The van der Waals surface area contributed by atoms with Gasteiger partial charge in [0.1, 0.15) is 17.1 Å². The molecule has 2 saturated heterocycles. The molecule has 0 saturated carbocycles. The van der Waals surface area contributed by atoms with Gasteiger partial charge in [-0.15, -0.1) is 0 Å². The van der Waals surface area contributed by atoms with Crippen LogP contribution in [0.15, 0.2) is 47.3 Å². The number of hydrogen-bond acceptors (Lipinski definition) is 11. The van der Waals surface area contributed by atoms with Crippen molar-refractivity contribution < 1.29 is 13.2 Å². The molecule has 3 N–H and O–H groups in total. The number of aryl methyl sites for hydroxylation is 1. The summed E-state index contributed by atoms with van der Waals surface area (Å²) in [6.07, 6.45) is 10.8. The molecule has 2 fully saturated rings. The van der Waals surface area contributed by atoms with Gasteiger partial charge in [-0.2, -0.15) is 4.98 Å². The maximum absolute atomic E-state index is 12.2. The Labute approximate surface area is 265 Å². The van der Waals surface area contributed by atoms with Crippen LogP contribution in [0.25, 0.3) is 11.0 Å². The zero-order valence-corrected chi connectivity index (χ0v) is 27.4. The van der Waals surface area contributed by atoms with Crippen molar-refractivity contribution in [1.29, 1.82) is 0 Å². The van der Waals surface area contributed by atoms with E-state index in [-0.39, 0.29) is 5.69 Å². The van der Waals surface area contributed by atoms with E-state index >= 15 is 0 Å². The van der Waals surface area contributed by atoms with Crippen molar-refractivity contribution in [2.75, 3.05) is 59.8 Å². The monoisotopic (exact) mass is 681 g/mol. The SMILES string of the molecule is COc1cc(N2CCC(N3CCCC3)CC2)c(C)cc1Nc1ncc(Br)c(Nc2ccc3nccnc3c2NS(C)(=O)=O)n1. The van der Waals surface area contributed by atoms with Crippen molar-refractivity contribution in [3.05, 3.63) is 52.9 Å². The average molecular weight is 683 g/mol. The highest BCUT2D eigenvalue weighted by molar-refractivity contribution is 9.10. The standard InChI is InChI=1S/C30H36BrN9O3S/c1-19-16-24(26(43-2)17-25(19)40-14-8-20(9-15-40)39-12-4-5-13-39)36-30-34-18-21(31)29(37-30)35-23-7-6-22-27(33-11-10-32-22)28(23)38-44(3,41)42/h6-7,10-11,16-18,20,38H,4-5,8-9,12-15H2,1-3H3,(H2,34,35,36,37). The Morgan fingerprint density at radius 1 is 0.977 bits per heavy atom. The number of aromatic nitrogens is 4. The second-order valence-electron chi connectivity index (χ2n) is 11.2. The van der Waals surface area contributed by atoms with Crippen molar-refractivity contribution in [2.24, 2.45) is 0 Å². The van der Waals surface area contributed by atoms with Crippen molar-refractivity contribution >= 4 is 71.5 Å². The average Bonchev–Trinajstić information content (AvgIpc) is 3.55. The molecule has 0 atom stereocenters. The van der Waals surface area contributed by atoms with E-state index in [1.54, 1.807) is 31.6 Å². The molecule has 6 rings (SSSR count). The predicted octanol–water partition coefficient (Wildman–Crippen LogP) is 5.42. The van der Waals surface area contributed by atoms with Crippen LogP contribution in [0.3, 0.4) is 0 Å². The number of methoxy groups -OCH3 is 1. The third-order valence-corrected chi connectivity index (χ3v) is 9.31. The van der Waals surface area contributed by atoms with Crippen LogP contribution in [0.2, 0.25) is 0 Å². The minimum Gasteiger partial charge on any atom is -0.494 e. The maximum Gasteiger partial charge on any atom is 0.229 e. The van der Waals surface area contributed by atoms with Crippen LogP contribution in [-0.4, -0.2) is 78.8 Å². The number of nitrogens with zero attached hydrogens (tertiary/aromatic N) is 6. The van der Waals surface area contributed by atoms with Crippen molar-refractivity contribution in [3.8, 4) is 5.75 Å². The highest BCUT2D eigenvalue weighted by Gasteiger charge is 2.27. The second kappa shape index (κ2) is 12.7. The van der Waals surface area contributed by atoms with Gasteiger partial charge in [0, 0.05) is 49.5 Å². The molecule has 0 spiro atoms. The van der Waals surface area contributed by atoms with Crippen LogP contribution < -0.4 is 25.0 Å². The van der Waals surface area contributed by atoms with Gasteiger partial charge in [-0.25, -0.2) is 13.4 Å². The zero-order valence-electron chi connectivity index (χ0n) is 25.0. The van der Waals surface area contributed by atoms with Crippen molar-refractivity contribution in [3.63, 3.8) is 0 Å². The minimum absolute atomic E-state index is 0.274. The molecule has 2 aliphatic heterocycles. The maximum atomic E-state index is 12.2. The van der Waals surface area contributed by atoms with E-state index in [0.29, 0.717) is 44.8 Å². The fourth-order valence-electron chi connectivity index (χ4n) is 6.06. The highest BCUT2D eigenvalue weighted by atomic mass is 79.9. The second-order valence-corrected chi connectivity index (χ2v) is 13.8. The number of halogens is 1. The van der Waals surface area contributed by atoms with Crippen LogP contribution >= 0.6 is 15.9 Å². The highest BCUT2D eigenvalue weighted by Crippen LogP contribution is 2.38. The molecule has 2 aromatic heterocycles. The quantitative estimate of drug-likeness (QED) is 0.209. The molecule has 0 aliphatic carbocycles. The number of hydrogen-bond donors (Lipinski definition) is 3. The number of fused-ring (bicyclic) bond motifs is 1. The Morgan fingerprint density at radius 3 is 2.45 bits per heavy atom. The third-order valence-electron chi connectivity index (χ3n) is 8.15. The first-order chi connectivity index (χ1) is 21.2. The summed E-state index contributed by atoms with van der Waals surface area (Å²) in [5.74, 6) is 1.46. The molecular formula is C30H36BrN9O3S. The minimum atomic E-state index is -3.61. The van der Waals surface area contributed by atoms with Gasteiger partial charge in [0.05, 0.1) is 40.4 Å². The van der Waals surface area contributed by atoms with Crippen LogP contribution in [0.4, 0.5) is 34.5 Å². The summed E-state index contributed by atoms with van der Waals surface area (Å²) in [6, 6.07) is 8.33. The molecule has 232 valence electrons. The first-order valence-electron chi connectivity index (χ1n) is 14.6. The van der Waals surface area contributed by atoms with Gasteiger partial charge in [0.15, 0.2) is 0 Å². The van der Waals surface area contributed by atoms with E-state index in [2.05, 4.69) is 80.1 Å². The largest absolute Gasteiger partial charge is 0.494 e. The number of anilines is 6. The topological polar surface area (TPSA) is 138 Å². The van der Waals surface area contributed by atoms with Crippen LogP contribution in [0, 0.1) is 6.92 Å². The summed E-state index contributed by atoms with van der Waals surface area (Å²) in [5, 5.41) is 6.53. The number of sulfonamides is 1. The number of likely N-dealkylation sites (tertiary alicyclic amines) is 1. The smallest absolute Gasteiger partial charge is 0.229 e. The van der Waals surface area contributed by atoms with E-state index in [4.69, 9.17) is 4.74 Å². The Hall–Kier alpha value is -3.75. The molecule has 2 aromatic carbocycles. The van der Waals surface area contributed by atoms with Gasteiger partial charge < -0.3 is 25.2 Å². The first kappa shape index (κ1) is 30.3. The molecule has 14 heteroatoms. The van der Waals surface area contributed by atoms with Crippen LogP contribution in [0.5, 0.6) is 5.75 Å². The molecule has 0 unspecified atom stereocenters. The number of piperidine rings is 1. The van der Waals surface area contributed by atoms with E-state index in [9.17, 15) is 8.42 Å². The van der Waals surface area contributed by atoms with Gasteiger partial charge in [0.2, 0.25) is 16.0 Å². The summed E-state index contributed by atoms with van der Waals surface area (Å²) in [7, 11) is -1.95. The van der Waals surface area contributed by atoms with Gasteiger partial charge in [0.25, 0.3) is 0 Å². The molecule has 0 radical (unpaired) electrons. The molecule has 0 bridgehead atoms. The lowest BCUT2D eigenvalue weighted by Crippen LogP contribution is -2.44. The summed E-state index contributed by atoms with van der Waals surface area (Å²) in [5.41, 5.74) is 4.75. The molecular weight excluding hydrogens is 646 g/mol. The summed E-state index contributed by atoms with van der Waals surface area (Å²) in [6.45, 7) is 6.64. The first-order valence-corrected chi connectivity index (χ1v) is 17.3. The van der Waals surface area contributed by atoms with E-state index in [1.807, 2.05) is 0 Å². The summed E-state index contributed by atoms with van der Waals surface area (Å²) in [4.78, 5) is 22.9. The molecule has 4 aromatic rings. The Balaban J connectivity index is 1.23. The van der Waals surface area contributed by atoms with Gasteiger partial charge >= 0.3 is 0 Å². The van der Waals surface area contributed by atoms with Gasteiger partial charge in [-0.1, -0.05) is 0 Å². The van der Waals surface area contributed by atoms with Crippen LogP contribution in [0.1, 0.15) is 31.2 Å². The lowest BCUT2D eigenvalue weighted by molar-refractivity contribution is 0.208. The fourth-order valence-corrected chi connectivity index (χ4v) is 6.92. The lowest BCUT2D eigenvalue weighted by atomic mass is 10.0. The van der Waals surface area contributed by atoms with E-state index in [0.717, 1.165) is 30.6 Å². The summed E-state index contributed by atoms with van der Waals surface area (Å²) >= 11 is 3.51. The van der Waals surface area contributed by atoms with Gasteiger partial charge in [-0.05, 0) is 85.4 Å². The lowest BCUT2D eigenvalue weighted by Gasteiger charge is -2.38. The third kappa shape index (κ3) is 6.66. The molecule has 12 nitrogen and oxygen atoms in total. The number of ether oxygens (including phenoxy) is 1. The molecule has 2 aliphatic rings. The Bertz CT molecular complexity index is 1780. The van der Waals surface area contributed by atoms with Crippen molar-refractivity contribution in [1.82, 2.24) is 24.8 Å². The molecule has 0 amide bonds. The molecule has 44 heavy (non-hydrogen) atoms. The van der Waals surface area contributed by atoms with Crippen molar-refractivity contribution in [2.45, 2.75) is 38.6 Å². The van der Waals surface area contributed by atoms with Crippen LogP contribution in [-0.2, 0) is 10.0 Å². The zero-order chi connectivity index (χ0) is 30.8. The fraction of sp³-hybridized carbons (Fsp3) is 0.400. The predicted molar refractivity (Wildman–Crippen MR) is 178 cm³/mol. The number of rotatable bonds is 9. The Morgan fingerprint density at radius 2 is 1.73 bits per heavy atom. The number of benzene rings is 2. The van der Waals surface area contributed by atoms with E-state index < -0.39 is 10.0 Å². The number of nitrogens with one attached hydrogen (secondary N) is 3. The normalized spacial score (nSPS) is 16.3. The van der Waals surface area contributed by atoms with E-state index in [1.165, 1.54) is 50.7 Å². The molecule has 4 heterocycles. The Kier molecular flexibility index (Phi) is 8.74.